The number of carbonyl (C=O) groups is 5. The number of carboxylic acid groups (broad SMARTS) is 2. The minimum atomic E-state index is -1.49. The molecule has 0 aliphatic rings. The summed E-state index contributed by atoms with van der Waals surface area (Å²) in [6, 6.07) is -5.05. The summed E-state index contributed by atoms with van der Waals surface area (Å²) >= 11 is 3.85. The third kappa shape index (κ3) is 8.08. The van der Waals surface area contributed by atoms with Crippen molar-refractivity contribution in [1.82, 2.24) is 25.9 Å². The van der Waals surface area contributed by atoms with E-state index in [-0.39, 0.29) is 12.2 Å². The second kappa shape index (κ2) is 11.8. The zero-order valence-corrected chi connectivity index (χ0v) is 16.9. The van der Waals surface area contributed by atoms with Crippen LogP contribution in [0.4, 0.5) is 0 Å². The molecule has 1 heterocycles. The first-order chi connectivity index (χ1) is 14.0. The molecule has 0 fully saturated rings. The Hall–Kier alpha value is -3.13. The number of amides is 3. The minimum absolute atomic E-state index is 0.0288. The van der Waals surface area contributed by atoms with Gasteiger partial charge >= 0.3 is 11.9 Å². The maximum absolute atomic E-state index is 12.4. The van der Waals surface area contributed by atoms with Crippen LogP contribution in [0.15, 0.2) is 12.5 Å². The van der Waals surface area contributed by atoms with E-state index in [1.807, 2.05) is 0 Å². The second-order valence-corrected chi connectivity index (χ2v) is 6.72. The summed E-state index contributed by atoms with van der Waals surface area (Å²) < 4.78 is 0. The van der Waals surface area contributed by atoms with Crippen molar-refractivity contribution in [1.29, 1.82) is 0 Å². The maximum Gasteiger partial charge on any atom is 0.326 e. The molecule has 13 nitrogen and oxygen atoms in total. The third-order valence-corrected chi connectivity index (χ3v) is 4.28. The topological polar surface area (TPSA) is 217 Å². The number of hydrogen-bond donors (Lipinski definition) is 8. The molecule has 0 saturated heterocycles. The Balaban J connectivity index is 2.74. The number of nitrogens with zero attached hydrogens (tertiary/aromatic N) is 1. The zero-order valence-electron chi connectivity index (χ0n) is 16.0. The van der Waals surface area contributed by atoms with E-state index in [4.69, 9.17) is 10.8 Å². The predicted molar refractivity (Wildman–Crippen MR) is 105 cm³/mol. The van der Waals surface area contributed by atoms with Gasteiger partial charge in [0.2, 0.25) is 17.7 Å². The summed E-state index contributed by atoms with van der Waals surface area (Å²) in [5.74, 6) is -5.23. The van der Waals surface area contributed by atoms with Gasteiger partial charge in [0.15, 0.2) is 0 Å². The summed E-state index contributed by atoms with van der Waals surface area (Å²) in [5.41, 5.74) is 5.97. The van der Waals surface area contributed by atoms with Crippen molar-refractivity contribution < 1.29 is 34.2 Å². The van der Waals surface area contributed by atoms with Crippen LogP contribution in [0.25, 0.3) is 0 Å². The van der Waals surface area contributed by atoms with Crippen LogP contribution in [-0.2, 0) is 30.4 Å². The van der Waals surface area contributed by atoms with Gasteiger partial charge in [0.05, 0.1) is 18.8 Å². The molecular formula is C16H24N6O7S. The molecule has 1 aromatic rings. The molecule has 166 valence electrons. The Kier molecular flexibility index (Phi) is 9.77. The molecule has 0 aromatic carbocycles. The summed E-state index contributed by atoms with van der Waals surface area (Å²) in [6.07, 6.45) is 1.95. The first-order valence-electron chi connectivity index (χ1n) is 8.74. The number of carboxylic acids is 2. The predicted octanol–water partition coefficient (Wildman–Crippen LogP) is -2.76. The van der Waals surface area contributed by atoms with Gasteiger partial charge in [0.25, 0.3) is 0 Å². The Bertz CT molecular complexity index is 772. The quantitative estimate of drug-likeness (QED) is 0.156. The van der Waals surface area contributed by atoms with E-state index in [0.717, 1.165) is 0 Å². The van der Waals surface area contributed by atoms with Gasteiger partial charge in [0, 0.05) is 24.1 Å². The monoisotopic (exact) mass is 444 g/mol. The van der Waals surface area contributed by atoms with Gasteiger partial charge in [-0.2, -0.15) is 12.6 Å². The lowest BCUT2D eigenvalue weighted by atomic mass is 10.1. The number of imidazole rings is 1. The average molecular weight is 444 g/mol. The Morgan fingerprint density at radius 3 is 2.23 bits per heavy atom. The highest BCUT2D eigenvalue weighted by Gasteiger charge is 2.29. The molecule has 4 unspecified atom stereocenters. The lowest BCUT2D eigenvalue weighted by molar-refractivity contribution is -0.143. The van der Waals surface area contributed by atoms with Crippen LogP contribution >= 0.6 is 12.6 Å². The smallest absolute Gasteiger partial charge is 0.326 e. The number of H-pyrrole nitrogens is 1. The van der Waals surface area contributed by atoms with Crippen LogP contribution in [-0.4, -0.2) is 79.8 Å². The molecule has 0 aliphatic carbocycles. The van der Waals surface area contributed by atoms with E-state index in [1.54, 1.807) is 0 Å². The van der Waals surface area contributed by atoms with Crippen LogP contribution in [0.2, 0.25) is 0 Å². The molecule has 4 atom stereocenters. The number of nitrogens with one attached hydrogen (secondary N) is 4. The van der Waals surface area contributed by atoms with Gasteiger partial charge in [-0.1, -0.05) is 0 Å². The van der Waals surface area contributed by atoms with Crippen molar-refractivity contribution >= 4 is 42.3 Å². The summed E-state index contributed by atoms with van der Waals surface area (Å²) in [5, 5.41) is 24.9. The van der Waals surface area contributed by atoms with Crippen LogP contribution in [0.1, 0.15) is 19.0 Å². The molecule has 0 spiro atoms. The SMILES string of the molecule is CC(NC(=O)C(CC(=O)O)NC(=O)C(N)CS)C(=O)NC(Cc1cnc[nH]1)C(=O)O. The van der Waals surface area contributed by atoms with Gasteiger partial charge < -0.3 is 36.9 Å². The van der Waals surface area contributed by atoms with Crippen molar-refractivity contribution in [3.05, 3.63) is 18.2 Å². The van der Waals surface area contributed by atoms with Gasteiger partial charge in [-0.05, 0) is 6.92 Å². The lowest BCUT2D eigenvalue weighted by Gasteiger charge is -2.22. The Labute approximate surface area is 176 Å². The number of carbonyl (C=O) groups excluding carboxylic acids is 3. The van der Waals surface area contributed by atoms with Crippen molar-refractivity contribution in [3.63, 3.8) is 0 Å². The number of aliphatic carboxylic acids is 2. The van der Waals surface area contributed by atoms with Crippen molar-refractivity contribution in [2.75, 3.05) is 5.75 Å². The fourth-order valence-corrected chi connectivity index (χ4v) is 2.40. The highest BCUT2D eigenvalue weighted by molar-refractivity contribution is 7.80. The highest BCUT2D eigenvalue weighted by Crippen LogP contribution is 2.01. The number of thiol groups is 1. The molecule has 1 rings (SSSR count). The van der Waals surface area contributed by atoms with Gasteiger partial charge in [0.1, 0.15) is 18.1 Å². The Morgan fingerprint density at radius 1 is 1.10 bits per heavy atom. The van der Waals surface area contributed by atoms with Crippen molar-refractivity contribution in [3.8, 4) is 0 Å². The molecule has 14 heteroatoms. The van der Waals surface area contributed by atoms with E-state index in [1.165, 1.54) is 19.4 Å². The standard InChI is InChI=1S/C16H24N6O7S/c1-7(13(25)22-11(16(28)29)2-8-4-18-6-19-8)20-15(27)10(3-12(23)24)21-14(26)9(17)5-30/h4,6-7,9-11,30H,2-3,5,17H2,1H3,(H,18,19)(H,20,27)(H,21,26)(H,22,25)(H,23,24)(H,28,29). The van der Waals surface area contributed by atoms with Crippen LogP contribution in [0.5, 0.6) is 0 Å². The van der Waals surface area contributed by atoms with Crippen molar-refractivity contribution in [2.24, 2.45) is 5.73 Å². The molecule has 3 amide bonds. The number of aromatic amines is 1. The van der Waals surface area contributed by atoms with Gasteiger partial charge in [-0.25, -0.2) is 9.78 Å². The normalized spacial score (nSPS) is 14.6. The molecule has 0 saturated carbocycles. The number of rotatable bonds is 12. The summed E-state index contributed by atoms with van der Waals surface area (Å²) in [7, 11) is 0. The fourth-order valence-electron chi connectivity index (χ4n) is 2.24. The number of hydrogen-bond acceptors (Lipinski definition) is 8. The molecule has 1 aromatic heterocycles. The van der Waals surface area contributed by atoms with E-state index in [9.17, 15) is 29.1 Å². The largest absolute Gasteiger partial charge is 0.481 e. The second-order valence-electron chi connectivity index (χ2n) is 6.36. The average Bonchev–Trinajstić information content (AvgIpc) is 3.18. The Morgan fingerprint density at radius 2 is 1.73 bits per heavy atom. The van der Waals surface area contributed by atoms with Crippen LogP contribution in [0, 0.1) is 0 Å². The molecule has 0 aliphatic heterocycles. The summed E-state index contributed by atoms with van der Waals surface area (Å²) in [6.45, 7) is 1.28. The number of nitrogens with two attached hydrogens (primary N) is 1. The fraction of sp³-hybridized carbons (Fsp3) is 0.500. The summed E-state index contributed by atoms with van der Waals surface area (Å²) in [4.78, 5) is 65.4. The molecular weight excluding hydrogens is 420 g/mol. The lowest BCUT2D eigenvalue weighted by Crippen LogP contribution is -2.57. The van der Waals surface area contributed by atoms with Gasteiger partial charge in [-0.3, -0.25) is 19.2 Å². The van der Waals surface area contributed by atoms with E-state index in [2.05, 4.69) is 38.5 Å². The molecule has 8 N–H and O–H groups in total. The van der Waals surface area contributed by atoms with Crippen LogP contribution in [0.3, 0.4) is 0 Å². The van der Waals surface area contributed by atoms with E-state index >= 15 is 0 Å². The van der Waals surface area contributed by atoms with Gasteiger partial charge in [-0.15, -0.1) is 0 Å². The molecule has 30 heavy (non-hydrogen) atoms. The molecule has 0 bridgehead atoms. The first-order valence-corrected chi connectivity index (χ1v) is 9.37. The number of aromatic nitrogens is 2. The van der Waals surface area contributed by atoms with E-state index < -0.39 is 60.2 Å². The van der Waals surface area contributed by atoms with Crippen LogP contribution < -0.4 is 21.7 Å². The minimum Gasteiger partial charge on any atom is -0.481 e. The van der Waals surface area contributed by atoms with Crippen molar-refractivity contribution in [2.45, 2.75) is 43.9 Å². The highest BCUT2D eigenvalue weighted by atomic mass is 32.1. The zero-order chi connectivity index (χ0) is 22.8. The third-order valence-electron chi connectivity index (χ3n) is 3.89. The first kappa shape index (κ1) is 24.9. The maximum atomic E-state index is 12.4. The van der Waals surface area contributed by atoms with E-state index in [0.29, 0.717) is 5.69 Å². The molecule has 0 radical (unpaired) electrons.